The number of hydrogen-bond donors (Lipinski definition) is 1. The van der Waals surface area contributed by atoms with Gasteiger partial charge in [-0.05, 0) is 45.0 Å². The van der Waals surface area contributed by atoms with Crippen molar-refractivity contribution in [2.45, 2.75) is 32.0 Å². The van der Waals surface area contributed by atoms with Crippen LogP contribution in [0.2, 0.25) is 0 Å². The third kappa shape index (κ3) is 3.04. The van der Waals surface area contributed by atoms with Crippen LogP contribution in [0.15, 0.2) is 24.3 Å². The maximum absolute atomic E-state index is 12.8. The molecule has 2 rings (SSSR count). The van der Waals surface area contributed by atoms with Gasteiger partial charge >= 0.3 is 0 Å². The van der Waals surface area contributed by atoms with Crippen LogP contribution in [0.25, 0.3) is 0 Å². The van der Waals surface area contributed by atoms with E-state index in [4.69, 9.17) is 4.74 Å². The Kier molecular flexibility index (Phi) is 3.26. The van der Waals surface area contributed by atoms with E-state index >= 15 is 0 Å². The smallest absolute Gasteiger partial charge is 0.266 e. The van der Waals surface area contributed by atoms with Crippen LogP contribution in [0.5, 0.6) is 5.75 Å². The molecule has 1 saturated heterocycles. The molecule has 1 aromatic carbocycles. The molecule has 104 valence electrons. The van der Waals surface area contributed by atoms with Gasteiger partial charge in [0.1, 0.15) is 11.6 Å². The van der Waals surface area contributed by atoms with Crippen molar-refractivity contribution in [2.75, 3.05) is 13.1 Å². The zero-order valence-corrected chi connectivity index (χ0v) is 11.3. The summed E-state index contributed by atoms with van der Waals surface area (Å²) >= 11 is 0. The third-order valence-corrected chi connectivity index (χ3v) is 3.05. The van der Waals surface area contributed by atoms with Gasteiger partial charge in [0.15, 0.2) is 5.60 Å². The van der Waals surface area contributed by atoms with Gasteiger partial charge in [0.05, 0.1) is 18.7 Å². The molecule has 1 heterocycles. The number of carbonyl (C=O) groups is 1. The first-order chi connectivity index (χ1) is 8.70. The molecule has 19 heavy (non-hydrogen) atoms. The molecule has 5 heteroatoms. The summed E-state index contributed by atoms with van der Waals surface area (Å²) in [6.45, 7) is 5.62. The predicted octanol–water partition coefficient (Wildman–Crippen LogP) is 1.58. The predicted molar refractivity (Wildman–Crippen MR) is 68.3 cm³/mol. The SMILES string of the molecule is CC1(O)CN(C(=O)C(C)(C)Oc2ccc(F)cc2)C1. The summed E-state index contributed by atoms with van der Waals surface area (Å²) in [7, 11) is 0. The molecule has 1 amide bonds. The van der Waals surface area contributed by atoms with E-state index in [-0.39, 0.29) is 11.7 Å². The molecule has 0 aromatic heterocycles. The number of halogens is 1. The lowest BCUT2D eigenvalue weighted by molar-refractivity contribution is -0.166. The molecule has 1 fully saturated rings. The van der Waals surface area contributed by atoms with Crippen LogP contribution in [-0.4, -0.2) is 40.2 Å². The van der Waals surface area contributed by atoms with Gasteiger partial charge in [-0.2, -0.15) is 0 Å². The van der Waals surface area contributed by atoms with E-state index in [0.717, 1.165) is 0 Å². The lowest BCUT2D eigenvalue weighted by Crippen LogP contribution is -2.65. The average Bonchev–Trinajstić information content (AvgIpc) is 2.27. The van der Waals surface area contributed by atoms with Crippen molar-refractivity contribution < 1.29 is 19.0 Å². The summed E-state index contributed by atoms with van der Waals surface area (Å²) in [4.78, 5) is 13.8. The first-order valence-electron chi connectivity index (χ1n) is 6.16. The molecule has 0 saturated carbocycles. The van der Waals surface area contributed by atoms with E-state index in [1.165, 1.54) is 24.3 Å². The molecular formula is C14H18FNO3. The van der Waals surface area contributed by atoms with Crippen LogP contribution in [0.1, 0.15) is 20.8 Å². The Balaban J connectivity index is 2.02. The van der Waals surface area contributed by atoms with E-state index in [1.807, 2.05) is 0 Å². The van der Waals surface area contributed by atoms with E-state index < -0.39 is 11.2 Å². The van der Waals surface area contributed by atoms with E-state index in [2.05, 4.69) is 0 Å². The molecular weight excluding hydrogens is 249 g/mol. The Hall–Kier alpha value is -1.62. The van der Waals surface area contributed by atoms with Crippen molar-refractivity contribution in [2.24, 2.45) is 0 Å². The van der Waals surface area contributed by atoms with Gasteiger partial charge in [-0.1, -0.05) is 0 Å². The monoisotopic (exact) mass is 267 g/mol. The number of amides is 1. The highest BCUT2D eigenvalue weighted by Crippen LogP contribution is 2.26. The minimum absolute atomic E-state index is 0.191. The van der Waals surface area contributed by atoms with Crippen molar-refractivity contribution >= 4 is 5.91 Å². The maximum Gasteiger partial charge on any atom is 0.266 e. The number of rotatable bonds is 3. The normalized spacial score (nSPS) is 17.8. The van der Waals surface area contributed by atoms with Crippen LogP contribution < -0.4 is 4.74 Å². The highest BCUT2D eigenvalue weighted by Gasteiger charge is 2.45. The molecule has 4 nitrogen and oxygen atoms in total. The molecule has 0 aliphatic carbocycles. The van der Waals surface area contributed by atoms with Crippen LogP contribution in [0.3, 0.4) is 0 Å². The molecule has 1 aliphatic rings. The number of nitrogens with zero attached hydrogens (tertiary/aromatic N) is 1. The van der Waals surface area contributed by atoms with Crippen molar-refractivity contribution in [3.8, 4) is 5.75 Å². The third-order valence-electron chi connectivity index (χ3n) is 3.05. The van der Waals surface area contributed by atoms with E-state index in [0.29, 0.717) is 18.8 Å². The van der Waals surface area contributed by atoms with Crippen molar-refractivity contribution in [1.82, 2.24) is 4.90 Å². The maximum atomic E-state index is 12.8. The minimum atomic E-state index is -1.05. The fourth-order valence-electron chi connectivity index (χ4n) is 2.14. The van der Waals surface area contributed by atoms with Gasteiger partial charge in [0.2, 0.25) is 0 Å². The Labute approximate surface area is 111 Å². The highest BCUT2D eigenvalue weighted by molar-refractivity contribution is 5.85. The summed E-state index contributed by atoms with van der Waals surface area (Å²) < 4.78 is 18.4. The number of benzene rings is 1. The summed E-state index contributed by atoms with van der Waals surface area (Å²) in [5.41, 5.74) is -1.85. The molecule has 1 aliphatic heterocycles. The zero-order chi connectivity index (χ0) is 14.3. The number of β-amino-alcohol motifs (C(OH)–C–C–N with tert-alkyl or cyclic N) is 1. The van der Waals surface area contributed by atoms with Crippen LogP contribution in [0, 0.1) is 5.82 Å². The van der Waals surface area contributed by atoms with Crippen molar-refractivity contribution in [3.05, 3.63) is 30.1 Å². The average molecular weight is 267 g/mol. The summed E-state index contributed by atoms with van der Waals surface area (Å²) in [5.74, 6) is -0.106. The first-order valence-corrected chi connectivity index (χ1v) is 6.16. The van der Waals surface area contributed by atoms with Gasteiger partial charge in [0.25, 0.3) is 5.91 Å². The van der Waals surface area contributed by atoms with Gasteiger partial charge in [-0.25, -0.2) is 4.39 Å². The topological polar surface area (TPSA) is 49.8 Å². The molecule has 0 spiro atoms. The quantitative estimate of drug-likeness (QED) is 0.904. The van der Waals surface area contributed by atoms with Gasteiger partial charge in [-0.3, -0.25) is 4.79 Å². The first kappa shape index (κ1) is 13.8. The molecule has 0 unspecified atom stereocenters. The fraction of sp³-hybridized carbons (Fsp3) is 0.500. The van der Waals surface area contributed by atoms with Gasteiger partial charge < -0.3 is 14.7 Å². The number of hydrogen-bond acceptors (Lipinski definition) is 3. The van der Waals surface area contributed by atoms with Crippen LogP contribution in [-0.2, 0) is 4.79 Å². The fourth-order valence-corrected chi connectivity index (χ4v) is 2.14. The summed E-state index contributed by atoms with van der Waals surface area (Å²) in [5, 5.41) is 9.64. The van der Waals surface area contributed by atoms with E-state index in [1.54, 1.807) is 25.7 Å². The largest absolute Gasteiger partial charge is 0.478 e. The number of aliphatic hydroxyl groups is 1. The Bertz CT molecular complexity index is 474. The van der Waals surface area contributed by atoms with Gasteiger partial charge in [0, 0.05) is 0 Å². The number of carbonyl (C=O) groups excluding carboxylic acids is 1. The second kappa shape index (κ2) is 4.49. The lowest BCUT2D eigenvalue weighted by atomic mass is 9.94. The second-order valence-electron chi connectivity index (χ2n) is 5.72. The van der Waals surface area contributed by atoms with E-state index in [9.17, 15) is 14.3 Å². The zero-order valence-electron chi connectivity index (χ0n) is 11.3. The summed E-state index contributed by atoms with van der Waals surface area (Å²) in [6, 6.07) is 5.53. The number of ether oxygens (including phenoxy) is 1. The van der Waals surface area contributed by atoms with Gasteiger partial charge in [-0.15, -0.1) is 0 Å². The second-order valence-corrected chi connectivity index (χ2v) is 5.72. The van der Waals surface area contributed by atoms with Crippen LogP contribution >= 0.6 is 0 Å². The number of likely N-dealkylation sites (tertiary alicyclic amines) is 1. The lowest BCUT2D eigenvalue weighted by Gasteiger charge is -2.46. The van der Waals surface area contributed by atoms with Crippen LogP contribution in [0.4, 0.5) is 4.39 Å². The van der Waals surface area contributed by atoms with Crippen molar-refractivity contribution in [3.63, 3.8) is 0 Å². The molecule has 0 atom stereocenters. The molecule has 0 bridgehead atoms. The summed E-state index contributed by atoms with van der Waals surface area (Å²) in [6.07, 6.45) is 0. The van der Waals surface area contributed by atoms with Crippen molar-refractivity contribution in [1.29, 1.82) is 0 Å². The highest BCUT2D eigenvalue weighted by atomic mass is 19.1. The Morgan fingerprint density at radius 1 is 1.37 bits per heavy atom. The standard InChI is InChI=1S/C14H18FNO3/c1-13(2,12(17)16-8-14(3,18)9-16)19-11-6-4-10(15)5-7-11/h4-7,18H,8-9H2,1-3H3. The molecule has 0 radical (unpaired) electrons. The molecule has 1 aromatic rings. The Morgan fingerprint density at radius 3 is 2.37 bits per heavy atom. The minimum Gasteiger partial charge on any atom is -0.478 e. The molecule has 1 N–H and O–H groups in total. The Morgan fingerprint density at radius 2 is 1.89 bits per heavy atom.